The number of thioether (sulfide) groups is 2. The van der Waals surface area contributed by atoms with Crippen LogP contribution in [0, 0.1) is 0 Å². The third-order valence-corrected chi connectivity index (χ3v) is 7.68. The first-order valence-electron chi connectivity index (χ1n) is 8.41. The molecule has 0 radical (unpaired) electrons. The van der Waals surface area contributed by atoms with Crippen LogP contribution in [0.4, 0.5) is 0 Å². The van der Waals surface area contributed by atoms with E-state index in [9.17, 15) is 27.9 Å². The van der Waals surface area contributed by atoms with Gasteiger partial charge in [-0.1, -0.05) is 11.8 Å². The van der Waals surface area contributed by atoms with E-state index in [1.54, 1.807) is 11.6 Å². The topological polar surface area (TPSA) is 161 Å². The Kier molecular flexibility index (Phi) is 6.18. The lowest BCUT2D eigenvalue weighted by molar-refractivity contribution is -0.192. The minimum Gasteiger partial charge on any atom is -0.477 e. The number of carbonyl (C=O) groups is 3. The largest absolute Gasteiger partial charge is 0.477 e. The quantitative estimate of drug-likeness (QED) is 0.259. The van der Waals surface area contributed by atoms with Crippen molar-refractivity contribution >= 4 is 51.1 Å². The number of ether oxygens (including phenoxy) is 1. The summed E-state index contributed by atoms with van der Waals surface area (Å²) in [4.78, 5) is 38.0. The Bertz CT molecular complexity index is 1040. The molecule has 1 saturated heterocycles. The summed E-state index contributed by atoms with van der Waals surface area (Å²) in [6, 6.07) is 0. The first-order valence-corrected chi connectivity index (χ1v) is 12.5. The van der Waals surface area contributed by atoms with E-state index in [2.05, 4.69) is 15.5 Å². The van der Waals surface area contributed by atoms with Crippen molar-refractivity contribution in [2.45, 2.75) is 16.3 Å². The maximum atomic E-state index is 12.9. The van der Waals surface area contributed by atoms with E-state index in [1.807, 2.05) is 0 Å². The number of aryl methyl sites for hydroxylation is 1. The number of nitrogens with one attached hydrogen (secondary N) is 1. The highest BCUT2D eigenvalue weighted by Gasteiger charge is 2.66. The molecule has 2 N–H and O–H groups in total. The van der Waals surface area contributed by atoms with Crippen molar-refractivity contribution in [3.05, 3.63) is 17.6 Å². The number of hydrogen-bond acceptors (Lipinski definition) is 10. The standard InChI is InChI=1S/C15H19N5O7S3/c1-19-7-16-18-14(19)29-5-8-4-28-13-15(27-2,17-9(21)6-30(3,25)26)12(24)20(13)10(8)11(22)23/h7,13H,4-6H2,1-3H3,(H,17,21)(H,22,23)/t13-,15-/m0/s1. The van der Waals surface area contributed by atoms with Crippen molar-refractivity contribution in [2.75, 3.05) is 30.6 Å². The summed E-state index contributed by atoms with van der Waals surface area (Å²) in [6.07, 6.45) is 2.41. The van der Waals surface area contributed by atoms with Gasteiger partial charge in [0, 0.05) is 31.9 Å². The van der Waals surface area contributed by atoms with Gasteiger partial charge in [0.2, 0.25) is 5.91 Å². The number of amides is 2. The van der Waals surface area contributed by atoms with Crippen LogP contribution in [-0.4, -0.2) is 92.7 Å². The number of rotatable bonds is 8. The molecular weight excluding hydrogens is 458 g/mol. The average Bonchev–Trinajstić information content (AvgIpc) is 3.06. The molecule has 0 unspecified atom stereocenters. The summed E-state index contributed by atoms with van der Waals surface area (Å²) in [6.45, 7) is 0. The van der Waals surface area contributed by atoms with Crippen LogP contribution in [0.3, 0.4) is 0 Å². The van der Waals surface area contributed by atoms with Gasteiger partial charge in [0.15, 0.2) is 15.0 Å². The summed E-state index contributed by atoms with van der Waals surface area (Å²) in [5, 5.41) is 19.5. The van der Waals surface area contributed by atoms with Crippen molar-refractivity contribution in [1.82, 2.24) is 25.0 Å². The Morgan fingerprint density at radius 3 is 2.73 bits per heavy atom. The number of nitrogens with zero attached hydrogens (tertiary/aromatic N) is 4. The fourth-order valence-corrected chi connectivity index (χ4v) is 6.10. The van der Waals surface area contributed by atoms with Gasteiger partial charge < -0.3 is 19.7 Å². The van der Waals surface area contributed by atoms with Gasteiger partial charge in [0.1, 0.15) is 23.2 Å². The molecule has 1 fully saturated rings. The van der Waals surface area contributed by atoms with Crippen molar-refractivity contribution in [1.29, 1.82) is 0 Å². The lowest BCUT2D eigenvalue weighted by Gasteiger charge is -2.55. The Labute approximate surface area is 180 Å². The highest BCUT2D eigenvalue weighted by molar-refractivity contribution is 8.01. The number of fused-ring (bicyclic) bond motifs is 1. The molecule has 2 atom stereocenters. The molecule has 2 aliphatic rings. The number of carboxylic acid groups (broad SMARTS) is 1. The molecule has 15 heteroatoms. The minimum absolute atomic E-state index is 0.177. The van der Waals surface area contributed by atoms with E-state index in [0.717, 1.165) is 11.2 Å². The number of methoxy groups -OCH3 is 1. The molecule has 0 bridgehead atoms. The van der Waals surface area contributed by atoms with Gasteiger partial charge in [-0.3, -0.25) is 14.5 Å². The zero-order valence-corrected chi connectivity index (χ0v) is 18.6. The van der Waals surface area contributed by atoms with Crippen LogP contribution in [0.1, 0.15) is 0 Å². The number of carboxylic acids is 1. The zero-order chi connectivity index (χ0) is 22.3. The van der Waals surface area contributed by atoms with E-state index in [4.69, 9.17) is 4.74 Å². The second-order valence-corrected chi connectivity index (χ2v) is 10.8. The SMILES string of the molecule is CO[C@@]1(NC(=O)CS(C)(=O)=O)C(=O)N2C(C(=O)O)=C(CSc3nncn3C)CS[C@H]21. The molecule has 0 spiro atoms. The third-order valence-electron chi connectivity index (χ3n) is 4.40. The highest BCUT2D eigenvalue weighted by Crippen LogP contribution is 2.47. The molecule has 3 heterocycles. The molecular formula is C15H19N5O7S3. The predicted octanol–water partition coefficient (Wildman–Crippen LogP) is -1.34. The van der Waals surface area contributed by atoms with E-state index in [1.165, 1.54) is 37.0 Å². The van der Waals surface area contributed by atoms with Gasteiger partial charge in [-0.15, -0.1) is 22.0 Å². The van der Waals surface area contributed by atoms with Crippen molar-refractivity contribution < 1.29 is 32.6 Å². The Balaban J connectivity index is 1.83. The van der Waals surface area contributed by atoms with Crippen LogP contribution in [0.25, 0.3) is 0 Å². The molecule has 3 rings (SSSR count). The summed E-state index contributed by atoms with van der Waals surface area (Å²) in [7, 11) is -0.669. The van der Waals surface area contributed by atoms with Crippen LogP contribution < -0.4 is 5.32 Å². The normalized spacial score (nSPS) is 23.8. The van der Waals surface area contributed by atoms with Crippen molar-refractivity contribution in [3.8, 4) is 0 Å². The smallest absolute Gasteiger partial charge is 0.352 e. The number of hydrogen-bond donors (Lipinski definition) is 2. The molecule has 1 aromatic rings. The second-order valence-electron chi connectivity index (χ2n) is 6.67. The van der Waals surface area contributed by atoms with Crippen LogP contribution in [0.15, 0.2) is 22.8 Å². The average molecular weight is 478 g/mol. The molecule has 1 aromatic heterocycles. The summed E-state index contributed by atoms with van der Waals surface area (Å²) >= 11 is 2.50. The number of β-lactam (4-membered cyclic amide) rings is 1. The maximum absolute atomic E-state index is 12.9. The van der Waals surface area contributed by atoms with E-state index in [-0.39, 0.29) is 17.2 Å². The Morgan fingerprint density at radius 1 is 1.50 bits per heavy atom. The van der Waals surface area contributed by atoms with Crippen LogP contribution in [0.5, 0.6) is 0 Å². The van der Waals surface area contributed by atoms with Gasteiger partial charge in [-0.2, -0.15) is 0 Å². The van der Waals surface area contributed by atoms with E-state index in [0.29, 0.717) is 10.7 Å². The monoisotopic (exact) mass is 477 g/mol. The van der Waals surface area contributed by atoms with Gasteiger partial charge in [0.25, 0.3) is 11.6 Å². The lowest BCUT2D eigenvalue weighted by Crippen LogP contribution is -2.81. The predicted molar refractivity (Wildman–Crippen MR) is 107 cm³/mol. The molecule has 12 nitrogen and oxygen atoms in total. The lowest BCUT2D eigenvalue weighted by atomic mass is 9.98. The first kappa shape index (κ1) is 22.6. The Morgan fingerprint density at radius 2 is 2.20 bits per heavy atom. The number of aliphatic carboxylic acids is 1. The van der Waals surface area contributed by atoms with Crippen LogP contribution >= 0.6 is 23.5 Å². The molecule has 2 amide bonds. The molecule has 2 aliphatic heterocycles. The maximum Gasteiger partial charge on any atom is 0.352 e. The molecule has 164 valence electrons. The van der Waals surface area contributed by atoms with E-state index >= 15 is 0 Å². The summed E-state index contributed by atoms with van der Waals surface area (Å²) in [5.74, 6) is -3.23. The number of sulfone groups is 1. The second kappa shape index (κ2) is 8.20. The van der Waals surface area contributed by atoms with Crippen molar-refractivity contribution in [3.63, 3.8) is 0 Å². The molecule has 0 aromatic carbocycles. The molecule has 0 aliphatic carbocycles. The van der Waals surface area contributed by atoms with Crippen LogP contribution in [-0.2, 0) is 36.0 Å². The molecule has 30 heavy (non-hydrogen) atoms. The fraction of sp³-hybridized carbons (Fsp3) is 0.533. The minimum atomic E-state index is -3.62. The summed E-state index contributed by atoms with van der Waals surface area (Å²) in [5.41, 5.74) is -1.49. The van der Waals surface area contributed by atoms with Crippen LogP contribution in [0.2, 0.25) is 0 Å². The highest BCUT2D eigenvalue weighted by atomic mass is 32.2. The Hall–Kier alpha value is -2.10. The van der Waals surface area contributed by atoms with Gasteiger partial charge in [0.05, 0.1) is 0 Å². The third kappa shape index (κ3) is 4.06. The van der Waals surface area contributed by atoms with Gasteiger partial charge in [-0.05, 0) is 5.57 Å². The first-order chi connectivity index (χ1) is 14.0. The van der Waals surface area contributed by atoms with Crippen molar-refractivity contribution in [2.24, 2.45) is 7.05 Å². The fourth-order valence-electron chi connectivity index (χ4n) is 3.09. The number of carbonyl (C=O) groups excluding carboxylic acids is 2. The molecule has 0 saturated carbocycles. The number of aromatic nitrogens is 3. The van der Waals surface area contributed by atoms with E-state index < -0.39 is 44.5 Å². The van der Waals surface area contributed by atoms with Gasteiger partial charge in [-0.25, -0.2) is 13.2 Å². The zero-order valence-electron chi connectivity index (χ0n) is 16.2. The summed E-state index contributed by atoms with van der Waals surface area (Å²) < 4.78 is 29.7. The van der Waals surface area contributed by atoms with Gasteiger partial charge >= 0.3 is 5.97 Å².